The van der Waals surface area contributed by atoms with E-state index in [-0.39, 0.29) is 25.0 Å². The summed E-state index contributed by atoms with van der Waals surface area (Å²) in [5, 5.41) is 0. The van der Waals surface area contributed by atoms with Crippen LogP contribution < -0.4 is 0 Å². The lowest BCUT2D eigenvalue weighted by molar-refractivity contribution is -0.145. The largest absolute Gasteiger partial charge is 0.468 e. The summed E-state index contributed by atoms with van der Waals surface area (Å²) in [4.78, 5) is 23.7. The Kier molecular flexibility index (Phi) is 6.37. The molecule has 0 spiro atoms. The van der Waals surface area contributed by atoms with Gasteiger partial charge in [0.2, 0.25) is 0 Å². The van der Waals surface area contributed by atoms with Gasteiger partial charge in [0.05, 0.1) is 27.3 Å². The molecular weight excluding hydrogens is 198 g/mol. The van der Waals surface area contributed by atoms with Crippen LogP contribution in [0.5, 0.6) is 0 Å². The van der Waals surface area contributed by atoms with E-state index >= 15 is 0 Å². The van der Waals surface area contributed by atoms with Gasteiger partial charge < -0.3 is 9.47 Å². The number of methoxy groups -OCH3 is 2. The highest BCUT2D eigenvalue weighted by atomic mass is 16.5. The standard InChI is InChI=1S/C10H17NO4/c1-8(2)5-11(6-9(12)14-3)7-10(13)15-4/h1,5-7H2,2-4H3. The van der Waals surface area contributed by atoms with Gasteiger partial charge in [0.15, 0.2) is 0 Å². The fourth-order valence-electron chi connectivity index (χ4n) is 1.04. The third-order valence-electron chi connectivity index (χ3n) is 1.65. The van der Waals surface area contributed by atoms with E-state index in [4.69, 9.17) is 0 Å². The van der Waals surface area contributed by atoms with Gasteiger partial charge in [0.25, 0.3) is 0 Å². The van der Waals surface area contributed by atoms with E-state index in [0.717, 1.165) is 5.57 Å². The van der Waals surface area contributed by atoms with Gasteiger partial charge in [-0.1, -0.05) is 12.2 Å². The molecule has 0 aliphatic rings. The van der Waals surface area contributed by atoms with E-state index in [1.807, 2.05) is 6.92 Å². The summed E-state index contributed by atoms with van der Waals surface area (Å²) >= 11 is 0. The Morgan fingerprint density at radius 1 is 1.07 bits per heavy atom. The van der Waals surface area contributed by atoms with Gasteiger partial charge in [0.1, 0.15) is 0 Å². The van der Waals surface area contributed by atoms with Gasteiger partial charge in [-0.05, 0) is 6.92 Å². The first kappa shape index (κ1) is 13.6. The molecule has 0 bridgehead atoms. The van der Waals surface area contributed by atoms with E-state index in [1.165, 1.54) is 14.2 Å². The smallest absolute Gasteiger partial charge is 0.319 e. The molecule has 0 unspecified atom stereocenters. The van der Waals surface area contributed by atoms with E-state index in [2.05, 4.69) is 16.1 Å². The van der Waals surface area contributed by atoms with E-state index in [9.17, 15) is 9.59 Å². The van der Waals surface area contributed by atoms with Crippen molar-refractivity contribution in [3.05, 3.63) is 12.2 Å². The predicted octanol–water partition coefficient (Wildman–Crippen LogP) is 0.210. The summed E-state index contributed by atoms with van der Waals surface area (Å²) in [6.07, 6.45) is 0. The van der Waals surface area contributed by atoms with Crippen LogP contribution in [0.15, 0.2) is 12.2 Å². The van der Waals surface area contributed by atoms with Crippen LogP contribution in [0.25, 0.3) is 0 Å². The molecule has 0 heterocycles. The Labute approximate surface area is 89.6 Å². The molecule has 0 atom stereocenters. The van der Waals surface area contributed by atoms with Crippen LogP contribution in [0.1, 0.15) is 6.92 Å². The third kappa shape index (κ3) is 6.68. The summed E-state index contributed by atoms with van der Waals surface area (Å²) in [7, 11) is 2.61. The van der Waals surface area contributed by atoms with E-state index < -0.39 is 0 Å². The van der Waals surface area contributed by atoms with Crippen LogP contribution in [-0.2, 0) is 19.1 Å². The Hall–Kier alpha value is -1.36. The topological polar surface area (TPSA) is 55.8 Å². The summed E-state index contributed by atoms with van der Waals surface area (Å²) in [6, 6.07) is 0. The first-order valence-corrected chi connectivity index (χ1v) is 4.50. The van der Waals surface area contributed by atoms with Gasteiger partial charge in [-0.15, -0.1) is 0 Å². The quantitative estimate of drug-likeness (QED) is 0.468. The molecule has 0 saturated heterocycles. The number of hydrogen-bond acceptors (Lipinski definition) is 5. The minimum Gasteiger partial charge on any atom is -0.468 e. The van der Waals surface area contributed by atoms with Crippen molar-refractivity contribution in [2.75, 3.05) is 33.9 Å². The molecule has 0 rings (SSSR count). The minimum atomic E-state index is -0.389. The van der Waals surface area contributed by atoms with E-state index in [0.29, 0.717) is 6.54 Å². The van der Waals surface area contributed by atoms with Gasteiger partial charge in [-0.2, -0.15) is 0 Å². The Balaban J connectivity index is 4.23. The molecule has 15 heavy (non-hydrogen) atoms. The lowest BCUT2D eigenvalue weighted by Gasteiger charge is -2.19. The van der Waals surface area contributed by atoms with Crippen LogP contribution in [0.2, 0.25) is 0 Å². The average molecular weight is 215 g/mol. The molecule has 86 valence electrons. The summed E-state index contributed by atoms with van der Waals surface area (Å²) in [5.74, 6) is -0.777. The summed E-state index contributed by atoms with van der Waals surface area (Å²) < 4.78 is 9.03. The SMILES string of the molecule is C=C(C)CN(CC(=O)OC)CC(=O)OC. The number of hydrogen-bond donors (Lipinski definition) is 0. The monoisotopic (exact) mass is 215 g/mol. The van der Waals surface area contributed by atoms with Gasteiger partial charge in [-0.25, -0.2) is 0 Å². The molecule has 0 aromatic rings. The molecule has 0 fully saturated rings. The molecule has 5 nitrogen and oxygen atoms in total. The molecule has 0 amide bonds. The second-order valence-corrected chi connectivity index (χ2v) is 3.25. The first-order chi connectivity index (χ1) is 6.99. The lowest BCUT2D eigenvalue weighted by atomic mass is 10.3. The Bertz CT molecular complexity index is 232. The third-order valence-corrected chi connectivity index (χ3v) is 1.65. The zero-order chi connectivity index (χ0) is 11.8. The van der Waals surface area contributed by atoms with Crippen LogP contribution in [0.3, 0.4) is 0 Å². The van der Waals surface area contributed by atoms with Gasteiger partial charge in [-0.3, -0.25) is 14.5 Å². The Morgan fingerprint density at radius 3 is 1.73 bits per heavy atom. The molecule has 0 radical (unpaired) electrons. The van der Waals surface area contributed by atoms with Gasteiger partial charge in [0, 0.05) is 6.54 Å². The second-order valence-electron chi connectivity index (χ2n) is 3.25. The minimum absolute atomic E-state index is 0.0540. The van der Waals surface area contributed by atoms with Crippen LogP contribution in [0.4, 0.5) is 0 Å². The number of esters is 2. The number of nitrogens with zero attached hydrogens (tertiary/aromatic N) is 1. The maximum atomic E-state index is 11.0. The molecule has 5 heteroatoms. The first-order valence-electron chi connectivity index (χ1n) is 4.50. The lowest BCUT2D eigenvalue weighted by Crippen LogP contribution is -2.36. The average Bonchev–Trinajstić information content (AvgIpc) is 2.16. The van der Waals surface area contributed by atoms with Crippen molar-refractivity contribution in [2.45, 2.75) is 6.92 Å². The van der Waals surface area contributed by atoms with Gasteiger partial charge >= 0.3 is 11.9 Å². The van der Waals surface area contributed by atoms with Crippen molar-refractivity contribution < 1.29 is 19.1 Å². The number of carbonyl (C=O) groups excluding carboxylic acids is 2. The number of rotatable bonds is 6. The zero-order valence-corrected chi connectivity index (χ0v) is 9.41. The van der Waals surface area contributed by atoms with Crippen molar-refractivity contribution in [2.24, 2.45) is 0 Å². The fraction of sp³-hybridized carbons (Fsp3) is 0.600. The van der Waals surface area contributed by atoms with Crippen molar-refractivity contribution in [1.82, 2.24) is 4.90 Å². The maximum absolute atomic E-state index is 11.0. The normalized spacial score (nSPS) is 9.87. The summed E-state index contributed by atoms with van der Waals surface area (Å²) in [6.45, 7) is 6.11. The summed E-state index contributed by atoms with van der Waals surface area (Å²) in [5.41, 5.74) is 0.864. The van der Waals surface area contributed by atoms with Crippen molar-refractivity contribution in [1.29, 1.82) is 0 Å². The molecule has 0 saturated carbocycles. The van der Waals surface area contributed by atoms with Crippen LogP contribution >= 0.6 is 0 Å². The highest BCUT2D eigenvalue weighted by Crippen LogP contribution is 1.97. The van der Waals surface area contributed by atoms with Crippen LogP contribution in [-0.4, -0.2) is 50.7 Å². The maximum Gasteiger partial charge on any atom is 0.319 e. The molecule has 0 aliphatic heterocycles. The number of carbonyl (C=O) groups is 2. The van der Waals surface area contributed by atoms with Crippen molar-refractivity contribution in [3.8, 4) is 0 Å². The second kappa shape index (κ2) is 7.00. The molecule has 0 aliphatic carbocycles. The zero-order valence-electron chi connectivity index (χ0n) is 9.41. The molecule has 0 aromatic heterocycles. The highest BCUT2D eigenvalue weighted by Gasteiger charge is 2.14. The van der Waals surface area contributed by atoms with E-state index in [1.54, 1.807) is 4.90 Å². The van der Waals surface area contributed by atoms with Crippen molar-refractivity contribution >= 4 is 11.9 Å². The van der Waals surface area contributed by atoms with Crippen molar-refractivity contribution in [3.63, 3.8) is 0 Å². The predicted molar refractivity (Wildman–Crippen MR) is 55.3 cm³/mol. The van der Waals surface area contributed by atoms with Crippen LogP contribution in [0, 0.1) is 0 Å². The molecule has 0 N–H and O–H groups in total. The fourth-order valence-corrected chi connectivity index (χ4v) is 1.04. The number of ether oxygens (including phenoxy) is 2. The highest BCUT2D eigenvalue weighted by molar-refractivity contribution is 5.74. The molecule has 0 aromatic carbocycles. The Morgan fingerprint density at radius 2 is 1.47 bits per heavy atom. The molecular formula is C10H17NO4.